The van der Waals surface area contributed by atoms with E-state index in [1.54, 1.807) is 0 Å². The number of anilines is 2. The maximum Gasteiger partial charge on any atom is 0.244 e. The highest BCUT2D eigenvalue weighted by atomic mass is 79.9. The van der Waals surface area contributed by atoms with E-state index in [0.717, 1.165) is 41.5 Å². The van der Waals surface area contributed by atoms with Crippen molar-refractivity contribution in [2.45, 2.75) is 38.1 Å². The van der Waals surface area contributed by atoms with E-state index in [-0.39, 0.29) is 5.91 Å². The predicted octanol–water partition coefficient (Wildman–Crippen LogP) is 3.36. The Morgan fingerprint density at radius 2 is 2.19 bits per heavy atom. The molecule has 1 aromatic rings. The number of amides is 1. The largest absolute Gasteiger partial charge is 0.376 e. The molecule has 21 heavy (non-hydrogen) atoms. The van der Waals surface area contributed by atoms with Gasteiger partial charge in [-0.25, -0.2) is 0 Å². The Hall–Kier alpha value is -1.07. The fourth-order valence-electron chi connectivity index (χ4n) is 3.04. The average Bonchev–Trinajstić information content (AvgIpc) is 2.38. The Morgan fingerprint density at radius 3 is 2.81 bits per heavy atom. The Bertz CT molecular complexity index is 532. The molecule has 1 amide bonds. The molecule has 116 valence electrons. The summed E-state index contributed by atoms with van der Waals surface area (Å²) in [4.78, 5) is 14.6. The molecule has 0 saturated heterocycles. The topological polar surface area (TPSA) is 58.4 Å². The molecule has 2 atom stereocenters. The van der Waals surface area contributed by atoms with E-state index in [9.17, 15) is 4.79 Å². The van der Waals surface area contributed by atoms with Gasteiger partial charge in [0.2, 0.25) is 5.91 Å². The van der Waals surface area contributed by atoms with Gasteiger partial charge in [0.15, 0.2) is 0 Å². The van der Waals surface area contributed by atoms with Crippen LogP contribution in [-0.4, -0.2) is 25.5 Å². The Morgan fingerprint density at radius 1 is 1.48 bits per heavy atom. The highest BCUT2D eigenvalue weighted by molar-refractivity contribution is 9.10. The second-order valence-corrected chi connectivity index (χ2v) is 7.28. The summed E-state index contributed by atoms with van der Waals surface area (Å²) >= 11 is 3.45. The number of carbonyl (C=O) groups is 1. The minimum absolute atomic E-state index is 0.0738. The normalized spacial score (nSPS) is 25.5. The van der Waals surface area contributed by atoms with E-state index in [2.05, 4.69) is 28.2 Å². The van der Waals surface area contributed by atoms with Crippen LogP contribution in [0.5, 0.6) is 0 Å². The summed E-state index contributed by atoms with van der Waals surface area (Å²) in [6.45, 7) is 2.17. The van der Waals surface area contributed by atoms with Gasteiger partial charge in [-0.15, -0.1) is 0 Å². The van der Waals surface area contributed by atoms with Crippen molar-refractivity contribution in [3.05, 3.63) is 22.7 Å². The lowest BCUT2D eigenvalue weighted by Gasteiger charge is -2.35. The highest BCUT2D eigenvalue weighted by Crippen LogP contribution is 2.33. The molecule has 0 bridgehead atoms. The zero-order chi connectivity index (χ0) is 15.6. The Kier molecular flexibility index (Phi) is 4.94. The summed E-state index contributed by atoms with van der Waals surface area (Å²) in [5.74, 6) is 0.431. The summed E-state index contributed by atoms with van der Waals surface area (Å²) in [5, 5.41) is 3.03. The van der Waals surface area contributed by atoms with Gasteiger partial charge in [0.1, 0.15) is 0 Å². The fraction of sp³-hybridized carbons (Fsp3) is 0.562. The highest BCUT2D eigenvalue weighted by Gasteiger charge is 2.38. The fourth-order valence-corrected chi connectivity index (χ4v) is 3.40. The summed E-state index contributed by atoms with van der Waals surface area (Å²) in [7, 11) is 3.92. The number of benzene rings is 1. The molecule has 4 nitrogen and oxygen atoms in total. The molecule has 0 heterocycles. The lowest BCUT2D eigenvalue weighted by Crippen LogP contribution is -2.53. The van der Waals surface area contributed by atoms with Gasteiger partial charge in [0, 0.05) is 18.6 Å². The SMILES string of the molecule is CC1CCCC(N)(C(=O)Nc2cc(Br)ccc2N(C)C)C1. The van der Waals surface area contributed by atoms with Crippen LogP contribution in [0.3, 0.4) is 0 Å². The molecule has 1 aliphatic rings. The van der Waals surface area contributed by atoms with Crippen molar-refractivity contribution in [3.63, 3.8) is 0 Å². The van der Waals surface area contributed by atoms with Crippen molar-refractivity contribution in [2.75, 3.05) is 24.3 Å². The summed E-state index contributed by atoms with van der Waals surface area (Å²) in [5.41, 5.74) is 7.39. The van der Waals surface area contributed by atoms with Crippen molar-refractivity contribution in [3.8, 4) is 0 Å². The maximum absolute atomic E-state index is 12.7. The monoisotopic (exact) mass is 353 g/mol. The molecule has 5 heteroatoms. The minimum Gasteiger partial charge on any atom is -0.376 e. The third-order valence-corrected chi connectivity index (χ3v) is 4.67. The zero-order valence-corrected chi connectivity index (χ0v) is 14.5. The first-order valence-corrected chi connectivity index (χ1v) is 8.18. The van der Waals surface area contributed by atoms with E-state index in [1.807, 2.05) is 37.2 Å². The number of carbonyl (C=O) groups excluding carboxylic acids is 1. The summed E-state index contributed by atoms with van der Waals surface area (Å²) < 4.78 is 0.937. The molecule has 0 spiro atoms. The summed E-state index contributed by atoms with van der Waals surface area (Å²) in [6.07, 6.45) is 3.69. The van der Waals surface area contributed by atoms with Crippen LogP contribution in [0.25, 0.3) is 0 Å². The van der Waals surface area contributed by atoms with E-state index < -0.39 is 5.54 Å². The predicted molar refractivity (Wildman–Crippen MR) is 91.6 cm³/mol. The molecule has 1 saturated carbocycles. The van der Waals surface area contributed by atoms with Gasteiger partial charge in [-0.05, 0) is 37.0 Å². The van der Waals surface area contributed by atoms with Crippen LogP contribution in [0.15, 0.2) is 22.7 Å². The van der Waals surface area contributed by atoms with Gasteiger partial charge in [0.25, 0.3) is 0 Å². The quantitative estimate of drug-likeness (QED) is 0.875. The molecule has 1 aromatic carbocycles. The van der Waals surface area contributed by atoms with Gasteiger partial charge in [-0.2, -0.15) is 0 Å². The molecule has 0 aliphatic heterocycles. The molecular weight excluding hydrogens is 330 g/mol. The van der Waals surface area contributed by atoms with Crippen molar-refractivity contribution < 1.29 is 4.79 Å². The third-order valence-electron chi connectivity index (χ3n) is 4.17. The van der Waals surface area contributed by atoms with Crippen LogP contribution >= 0.6 is 15.9 Å². The second kappa shape index (κ2) is 6.36. The van der Waals surface area contributed by atoms with E-state index in [4.69, 9.17) is 5.73 Å². The number of hydrogen-bond acceptors (Lipinski definition) is 3. The van der Waals surface area contributed by atoms with Crippen LogP contribution in [0, 0.1) is 5.92 Å². The minimum atomic E-state index is -0.746. The molecule has 2 unspecified atom stereocenters. The maximum atomic E-state index is 12.7. The number of nitrogens with one attached hydrogen (secondary N) is 1. The van der Waals surface area contributed by atoms with Crippen molar-refractivity contribution in [1.29, 1.82) is 0 Å². The van der Waals surface area contributed by atoms with Crippen molar-refractivity contribution >= 4 is 33.2 Å². The average molecular weight is 354 g/mol. The van der Waals surface area contributed by atoms with E-state index in [0.29, 0.717) is 5.92 Å². The van der Waals surface area contributed by atoms with Gasteiger partial charge in [-0.1, -0.05) is 35.7 Å². The molecular formula is C16H24BrN3O. The standard InChI is InChI=1S/C16H24BrN3O/c1-11-5-4-8-16(18,10-11)15(21)19-13-9-12(17)6-7-14(13)20(2)3/h6-7,9,11H,4-5,8,10,18H2,1-3H3,(H,19,21). The number of hydrogen-bond donors (Lipinski definition) is 2. The molecule has 1 aliphatic carbocycles. The van der Waals surface area contributed by atoms with Crippen molar-refractivity contribution in [2.24, 2.45) is 11.7 Å². The van der Waals surface area contributed by atoms with Gasteiger partial charge in [-0.3, -0.25) is 4.79 Å². The second-order valence-electron chi connectivity index (χ2n) is 6.37. The van der Waals surface area contributed by atoms with Crippen LogP contribution in [0.1, 0.15) is 32.6 Å². The van der Waals surface area contributed by atoms with Gasteiger partial charge >= 0.3 is 0 Å². The smallest absolute Gasteiger partial charge is 0.244 e. The van der Waals surface area contributed by atoms with Crippen LogP contribution < -0.4 is 16.0 Å². The van der Waals surface area contributed by atoms with Gasteiger partial charge in [0.05, 0.1) is 16.9 Å². The molecule has 3 N–H and O–H groups in total. The van der Waals surface area contributed by atoms with E-state index >= 15 is 0 Å². The first-order chi connectivity index (χ1) is 9.82. The molecule has 2 rings (SSSR count). The number of nitrogens with two attached hydrogens (primary N) is 1. The third kappa shape index (κ3) is 3.77. The van der Waals surface area contributed by atoms with Crippen LogP contribution in [0.2, 0.25) is 0 Å². The number of halogens is 1. The number of rotatable bonds is 3. The molecule has 0 radical (unpaired) electrons. The zero-order valence-electron chi connectivity index (χ0n) is 12.9. The molecule has 0 aromatic heterocycles. The first kappa shape index (κ1) is 16.3. The first-order valence-electron chi connectivity index (χ1n) is 7.39. The lowest BCUT2D eigenvalue weighted by atomic mass is 9.76. The van der Waals surface area contributed by atoms with Crippen LogP contribution in [-0.2, 0) is 4.79 Å². The Balaban J connectivity index is 2.21. The lowest BCUT2D eigenvalue weighted by molar-refractivity contribution is -0.122. The summed E-state index contributed by atoms with van der Waals surface area (Å²) in [6, 6.07) is 5.86. The van der Waals surface area contributed by atoms with Crippen LogP contribution in [0.4, 0.5) is 11.4 Å². The Labute approximate surface area is 135 Å². The van der Waals surface area contributed by atoms with Crippen molar-refractivity contribution in [1.82, 2.24) is 0 Å². The van der Waals surface area contributed by atoms with Gasteiger partial charge < -0.3 is 16.0 Å². The number of nitrogens with zero attached hydrogens (tertiary/aromatic N) is 1. The van der Waals surface area contributed by atoms with E-state index in [1.165, 1.54) is 0 Å². The molecule has 1 fully saturated rings.